The SMILES string of the molecule is O=C1CCC2c3c(c4ccccc4n31)CCN2S(=O)(=O)c1ccccc1. The van der Waals surface area contributed by atoms with Crippen LogP contribution in [0, 0.1) is 0 Å². The lowest BCUT2D eigenvalue weighted by atomic mass is 9.94. The van der Waals surface area contributed by atoms with E-state index in [0.29, 0.717) is 30.7 Å². The van der Waals surface area contributed by atoms with Crippen LogP contribution in [0.25, 0.3) is 10.9 Å². The molecule has 0 aliphatic carbocycles. The van der Waals surface area contributed by atoms with Gasteiger partial charge in [-0.25, -0.2) is 8.42 Å². The molecule has 0 amide bonds. The van der Waals surface area contributed by atoms with Crippen molar-refractivity contribution in [3.05, 3.63) is 65.9 Å². The van der Waals surface area contributed by atoms with Crippen LogP contribution in [-0.4, -0.2) is 29.7 Å². The van der Waals surface area contributed by atoms with Crippen LogP contribution < -0.4 is 0 Å². The fourth-order valence-corrected chi connectivity index (χ4v) is 6.03. The van der Waals surface area contributed by atoms with Crippen molar-refractivity contribution in [1.29, 1.82) is 0 Å². The fraction of sp³-hybridized carbons (Fsp3) is 0.250. The van der Waals surface area contributed by atoms with Gasteiger partial charge in [-0.05, 0) is 36.6 Å². The Kier molecular flexibility index (Phi) is 3.36. The van der Waals surface area contributed by atoms with Crippen LogP contribution >= 0.6 is 0 Å². The van der Waals surface area contributed by atoms with E-state index in [4.69, 9.17) is 0 Å². The number of carbonyl (C=O) groups excluding carboxylic acids is 1. The summed E-state index contributed by atoms with van der Waals surface area (Å²) >= 11 is 0. The molecule has 0 radical (unpaired) electrons. The summed E-state index contributed by atoms with van der Waals surface area (Å²) in [5.41, 5.74) is 2.89. The molecule has 3 aromatic rings. The molecule has 0 saturated heterocycles. The van der Waals surface area contributed by atoms with Gasteiger partial charge in [0, 0.05) is 24.0 Å². The molecular formula is C20H18N2O3S. The second-order valence-electron chi connectivity index (χ2n) is 6.84. The van der Waals surface area contributed by atoms with Crippen LogP contribution in [0.2, 0.25) is 0 Å². The fourth-order valence-electron chi connectivity index (χ4n) is 4.39. The molecule has 132 valence electrons. The van der Waals surface area contributed by atoms with Gasteiger partial charge >= 0.3 is 0 Å². The van der Waals surface area contributed by atoms with E-state index in [2.05, 4.69) is 0 Å². The number of benzene rings is 2. The van der Waals surface area contributed by atoms with Crippen LogP contribution in [0.5, 0.6) is 0 Å². The van der Waals surface area contributed by atoms with Gasteiger partial charge in [0.05, 0.1) is 16.5 Å². The maximum absolute atomic E-state index is 13.2. The molecule has 3 heterocycles. The first-order valence-corrected chi connectivity index (χ1v) is 10.3. The summed E-state index contributed by atoms with van der Waals surface area (Å²) in [5, 5.41) is 1.07. The highest BCUT2D eigenvalue weighted by atomic mass is 32.2. The summed E-state index contributed by atoms with van der Waals surface area (Å²) in [4.78, 5) is 12.9. The summed E-state index contributed by atoms with van der Waals surface area (Å²) < 4.78 is 29.8. The average Bonchev–Trinajstić information content (AvgIpc) is 3.01. The van der Waals surface area contributed by atoms with Crippen LogP contribution in [-0.2, 0) is 16.4 Å². The quantitative estimate of drug-likeness (QED) is 0.699. The van der Waals surface area contributed by atoms with Crippen molar-refractivity contribution in [2.45, 2.75) is 30.2 Å². The van der Waals surface area contributed by atoms with E-state index in [9.17, 15) is 13.2 Å². The molecule has 1 aromatic heterocycles. The van der Waals surface area contributed by atoms with E-state index in [1.807, 2.05) is 30.3 Å². The summed E-state index contributed by atoms with van der Waals surface area (Å²) in [6.07, 6.45) is 1.52. The van der Waals surface area contributed by atoms with Crippen LogP contribution in [0.1, 0.15) is 34.9 Å². The zero-order chi connectivity index (χ0) is 17.9. The number of aromatic nitrogens is 1. The summed E-state index contributed by atoms with van der Waals surface area (Å²) in [6, 6.07) is 16.1. The van der Waals surface area contributed by atoms with E-state index < -0.39 is 10.0 Å². The molecular weight excluding hydrogens is 348 g/mol. The molecule has 0 saturated carbocycles. The minimum Gasteiger partial charge on any atom is -0.282 e. The van der Waals surface area contributed by atoms with Crippen molar-refractivity contribution in [2.75, 3.05) is 6.54 Å². The number of hydrogen-bond acceptors (Lipinski definition) is 3. The Labute approximate surface area is 151 Å². The molecule has 5 rings (SSSR count). The molecule has 0 bridgehead atoms. The highest BCUT2D eigenvalue weighted by Crippen LogP contribution is 2.44. The topological polar surface area (TPSA) is 59.4 Å². The van der Waals surface area contributed by atoms with E-state index in [-0.39, 0.29) is 11.9 Å². The Balaban J connectivity index is 1.72. The van der Waals surface area contributed by atoms with E-state index in [1.54, 1.807) is 33.1 Å². The molecule has 2 aliphatic rings. The molecule has 1 unspecified atom stereocenters. The smallest absolute Gasteiger partial charge is 0.243 e. The molecule has 0 fully saturated rings. The van der Waals surface area contributed by atoms with Gasteiger partial charge in [-0.15, -0.1) is 0 Å². The first-order chi connectivity index (χ1) is 12.6. The van der Waals surface area contributed by atoms with Gasteiger partial charge in [-0.2, -0.15) is 4.31 Å². The number of rotatable bonds is 2. The first-order valence-electron chi connectivity index (χ1n) is 8.81. The Morgan fingerprint density at radius 2 is 1.65 bits per heavy atom. The second-order valence-corrected chi connectivity index (χ2v) is 8.73. The van der Waals surface area contributed by atoms with Crippen molar-refractivity contribution in [3.8, 4) is 0 Å². The first kappa shape index (κ1) is 15.8. The van der Waals surface area contributed by atoms with Gasteiger partial charge in [0.15, 0.2) is 0 Å². The lowest BCUT2D eigenvalue weighted by Gasteiger charge is -2.38. The second kappa shape index (κ2) is 5.53. The zero-order valence-electron chi connectivity index (χ0n) is 14.1. The van der Waals surface area contributed by atoms with Crippen LogP contribution in [0.4, 0.5) is 0 Å². The van der Waals surface area contributed by atoms with Gasteiger partial charge in [0.25, 0.3) is 0 Å². The highest BCUT2D eigenvalue weighted by Gasteiger charge is 2.42. The lowest BCUT2D eigenvalue weighted by molar-refractivity contribution is 0.0855. The molecule has 2 aliphatic heterocycles. The molecule has 26 heavy (non-hydrogen) atoms. The Morgan fingerprint density at radius 1 is 0.923 bits per heavy atom. The van der Waals surface area contributed by atoms with Crippen molar-refractivity contribution < 1.29 is 13.2 Å². The normalized spacial score (nSPS) is 20.3. The lowest BCUT2D eigenvalue weighted by Crippen LogP contribution is -2.43. The van der Waals surface area contributed by atoms with Gasteiger partial charge in [0.2, 0.25) is 15.9 Å². The van der Waals surface area contributed by atoms with Gasteiger partial charge < -0.3 is 0 Å². The van der Waals surface area contributed by atoms with Crippen molar-refractivity contribution in [2.24, 2.45) is 0 Å². The average molecular weight is 366 g/mol. The predicted octanol–water partition coefficient (Wildman–Crippen LogP) is 3.36. The number of carbonyl (C=O) groups is 1. The van der Waals surface area contributed by atoms with E-state index in [0.717, 1.165) is 22.2 Å². The summed E-state index contributed by atoms with van der Waals surface area (Å²) in [7, 11) is -3.60. The minimum absolute atomic E-state index is 0.0534. The minimum atomic E-state index is -3.60. The zero-order valence-corrected chi connectivity index (χ0v) is 14.9. The standard InChI is InChI=1S/C20H18N2O3S/c23-19-11-10-18-20-16(15-8-4-5-9-17(15)22(19)20)12-13-21(18)26(24,25)14-6-2-1-3-7-14/h1-9,18H,10-13H2. The van der Waals surface area contributed by atoms with E-state index >= 15 is 0 Å². The molecule has 2 aromatic carbocycles. The number of hydrogen-bond donors (Lipinski definition) is 0. The summed E-state index contributed by atoms with van der Waals surface area (Å²) in [6.45, 7) is 0.442. The third-order valence-electron chi connectivity index (χ3n) is 5.50. The predicted molar refractivity (Wildman–Crippen MR) is 98.6 cm³/mol. The van der Waals surface area contributed by atoms with Gasteiger partial charge in [-0.3, -0.25) is 9.36 Å². The van der Waals surface area contributed by atoms with Crippen molar-refractivity contribution in [1.82, 2.24) is 8.87 Å². The molecule has 0 N–H and O–H groups in total. The number of para-hydroxylation sites is 1. The third-order valence-corrected chi connectivity index (χ3v) is 7.42. The van der Waals surface area contributed by atoms with E-state index in [1.165, 1.54) is 0 Å². The monoisotopic (exact) mass is 366 g/mol. The molecule has 5 nitrogen and oxygen atoms in total. The Bertz CT molecular complexity index is 1130. The van der Waals surface area contributed by atoms with Crippen molar-refractivity contribution in [3.63, 3.8) is 0 Å². The van der Waals surface area contributed by atoms with Gasteiger partial charge in [0.1, 0.15) is 0 Å². The third kappa shape index (κ3) is 2.06. The molecule has 0 spiro atoms. The number of sulfonamides is 1. The molecule has 1 atom stereocenters. The number of fused-ring (bicyclic) bond motifs is 3. The van der Waals surface area contributed by atoms with Crippen LogP contribution in [0.3, 0.4) is 0 Å². The maximum atomic E-state index is 13.2. The highest BCUT2D eigenvalue weighted by molar-refractivity contribution is 7.89. The Morgan fingerprint density at radius 3 is 2.46 bits per heavy atom. The largest absolute Gasteiger partial charge is 0.282 e. The van der Waals surface area contributed by atoms with Crippen molar-refractivity contribution >= 4 is 26.8 Å². The number of nitrogens with zero attached hydrogens (tertiary/aromatic N) is 2. The summed E-state index contributed by atoms with van der Waals surface area (Å²) in [5.74, 6) is 0.0534. The van der Waals surface area contributed by atoms with Gasteiger partial charge in [-0.1, -0.05) is 36.4 Å². The van der Waals surface area contributed by atoms with Crippen LogP contribution in [0.15, 0.2) is 59.5 Å². The Hall–Kier alpha value is -2.44. The molecule has 6 heteroatoms. The maximum Gasteiger partial charge on any atom is 0.243 e.